The lowest BCUT2D eigenvalue weighted by atomic mass is 10.0. The van der Waals surface area contributed by atoms with Crippen LogP contribution in [0.5, 0.6) is 0 Å². The summed E-state index contributed by atoms with van der Waals surface area (Å²) in [7, 11) is 0. The molecule has 0 amide bonds. The minimum absolute atomic E-state index is 0.155. The number of aliphatic hydroxyl groups is 2. The van der Waals surface area contributed by atoms with Crippen LogP contribution < -0.4 is 5.32 Å². The van der Waals surface area contributed by atoms with Gasteiger partial charge in [-0.1, -0.05) is 30.3 Å². The number of hydrogen-bond donors (Lipinski definition) is 4. The predicted molar refractivity (Wildman–Crippen MR) is 116 cm³/mol. The molecular formula is C24H25N3O2. The van der Waals surface area contributed by atoms with Gasteiger partial charge < -0.3 is 20.5 Å². The molecule has 0 aliphatic heterocycles. The fourth-order valence-corrected chi connectivity index (χ4v) is 3.63. The van der Waals surface area contributed by atoms with Crippen LogP contribution in [-0.2, 0) is 26.1 Å². The SMILES string of the molecule is OCc1cc(Nc2ccc(CCCc3c[nH]c4ccccc34)cc2)cc(CO)n1. The molecule has 0 fully saturated rings. The van der Waals surface area contributed by atoms with Gasteiger partial charge in [-0.15, -0.1) is 0 Å². The highest BCUT2D eigenvalue weighted by atomic mass is 16.3. The number of nitrogens with one attached hydrogen (secondary N) is 2. The van der Waals surface area contributed by atoms with Crippen molar-refractivity contribution in [3.63, 3.8) is 0 Å². The first kappa shape index (κ1) is 19.2. The average molecular weight is 387 g/mol. The van der Waals surface area contributed by atoms with Crippen molar-refractivity contribution in [3.05, 3.63) is 89.4 Å². The fourth-order valence-electron chi connectivity index (χ4n) is 3.63. The van der Waals surface area contributed by atoms with Gasteiger partial charge in [0.2, 0.25) is 0 Å². The van der Waals surface area contributed by atoms with Crippen LogP contribution in [0.1, 0.15) is 28.9 Å². The third-order valence-electron chi connectivity index (χ3n) is 5.08. The summed E-state index contributed by atoms with van der Waals surface area (Å²) in [5, 5.41) is 23.3. The normalized spacial score (nSPS) is 11.1. The zero-order valence-electron chi connectivity index (χ0n) is 16.2. The number of para-hydroxylation sites is 1. The first-order valence-corrected chi connectivity index (χ1v) is 9.87. The predicted octanol–water partition coefficient (Wildman–Crippen LogP) is 4.47. The second-order valence-corrected chi connectivity index (χ2v) is 7.19. The number of pyridine rings is 1. The lowest BCUT2D eigenvalue weighted by molar-refractivity contribution is 0.266. The molecule has 4 rings (SSSR count). The van der Waals surface area contributed by atoms with Gasteiger partial charge in [-0.25, -0.2) is 0 Å². The second-order valence-electron chi connectivity index (χ2n) is 7.19. The number of benzene rings is 2. The highest BCUT2D eigenvalue weighted by Gasteiger charge is 2.05. The molecule has 0 aliphatic carbocycles. The quantitative estimate of drug-likeness (QED) is 0.360. The Morgan fingerprint density at radius 2 is 1.55 bits per heavy atom. The molecule has 2 aromatic carbocycles. The number of anilines is 2. The Morgan fingerprint density at radius 3 is 2.28 bits per heavy atom. The molecule has 5 nitrogen and oxygen atoms in total. The van der Waals surface area contributed by atoms with Crippen LogP contribution in [0.25, 0.3) is 10.9 Å². The average Bonchev–Trinajstić information content (AvgIpc) is 3.18. The van der Waals surface area contributed by atoms with Crippen LogP contribution in [0.2, 0.25) is 0 Å². The van der Waals surface area contributed by atoms with Crippen molar-refractivity contribution < 1.29 is 10.2 Å². The van der Waals surface area contributed by atoms with Crippen molar-refractivity contribution in [2.45, 2.75) is 32.5 Å². The Kier molecular flexibility index (Phi) is 5.89. The summed E-state index contributed by atoms with van der Waals surface area (Å²) < 4.78 is 0. The number of aromatic nitrogens is 2. The zero-order valence-corrected chi connectivity index (χ0v) is 16.2. The molecule has 0 radical (unpaired) electrons. The van der Waals surface area contributed by atoms with Crippen LogP contribution in [0.3, 0.4) is 0 Å². The summed E-state index contributed by atoms with van der Waals surface area (Å²) in [4.78, 5) is 7.50. The molecule has 0 saturated carbocycles. The van der Waals surface area contributed by atoms with Crippen LogP contribution in [-0.4, -0.2) is 20.2 Å². The third kappa shape index (κ3) is 4.65. The number of aromatic amines is 1. The number of aliphatic hydroxyl groups excluding tert-OH is 2. The van der Waals surface area contributed by atoms with Gasteiger partial charge in [0.05, 0.1) is 24.6 Å². The summed E-state index contributed by atoms with van der Waals surface area (Å²) in [6.07, 6.45) is 5.29. The Bertz CT molecular complexity index is 1060. The maximum absolute atomic E-state index is 9.32. The highest BCUT2D eigenvalue weighted by Crippen LogP contribution is 2.22. The molecular weight excluding hydrogens is 362 g/mol. The standard InChI is InChI=1S/C24H25N3O2/c28-15-21-12-20(13-22(16-29)27-21)26-19-10-8-17(9-11-19)4-3-5-18-14-25-24-7-2-1-6-23(18)24/h1-2,6-14,25,28-29H,3-5,15-16H2,(H,26,27). The maximum atomic E-state index is 9.32. The summed E-state index contributed by atoms with van der Waals surface area (Å²) in [5.74, 6) is 0. The monoisotopic (exact) mass is 387 g/mol. The van der Waals surface area contributed by atoms with Crippen LogP contribution >= 0.6 is 0 Å². The maximum Gasteiger partial charge on any atom is 0.0853 e. The van der Waals surface area contributed by atoms with Gasteiger partial charge in [-0.2, -0.15) is 0 Å². The van der Waals surface area contributed by atoms with E-state index in [1.807, 2.05) is 0 Å². The number of aryl methyl sites for hydroxylation is 2. The summed E-state index contributed by atoms with van der Waals surface area (Å²) in [5.41, 5.74) is 6.71. The van der Waals surface area contributed by atoms with Gasteiger partial charge in [0.1, 0.15) is 0 Å². The first-order valence-electron chi connectivity index (χ1n) is 9.87. The minimum Gasteiger partial charge on any atom is -0.390 e. The van der Waals surface area contributed by atoms with E-state index in [1.165, 1.54) is 22.0 Å². The first-order chi connectivity index (χ1) is 14.2. The Hall–Kier alpha value is -3.15. The topological polar surface area (TPSA) is 81.2 Å². The van der Waals surface area contributed by atoms with E-state index in [-0.39, 0.29) is 13.2 Å². The molecule has 2 aromatic heterocycles. The van der Waals surface area contributed by atoms with E-state index in [1.54, 1.807) is 12.1 Å². The minimum atomic E-state index is -0.155. The summed E-state index contributed by atoms with van der Waals surface area (Å²) in [6, 6.07) is 20.4. The number of nitrogens with zero attached hydrogens (tertiary/aromatic N) is 1. The molecule has 0 spiro atoms. The number of hydrogen-bond acceptors (Lipinski definition) is 4. The van der Waals surface area contributed by atoms with Crippen molar-refractivity contribution >= 4 is 22.3 Å². The highest BCUT2D eigenvalue weighted by molar-refractivity contribution is 5.83. The molecule has 0 unspecified atom stereocenters. The van der Waals surface area contributed by atoms with E-state index in [2.05, 4.69) is 70.0 Å². The molecule has 148 valence electrons. The molecule has 0 saturated heterocycles. The van der Waals surface area contributed by atoms with E-state index in [9.17, 15) is 10.2 Å². The largest absolute Gasteiger partial charge is 0.390 e. The molecule has 5 heteroatoms. The van der Waals surface area contributed by atoms with Crippen molar-refractivity contribution in [3.8, 4) is 0 Å². The van der Waals surface area contributed by atoms with E-state index in [0.29, 0.717) is 11.4 Å². The van der Waals surface area contributed by atoms with Gasteiger partial charge in [-0.05, 0) is 60.7 Å². The Balaban J connectivity index is 1.36. The van der Waals surface area contributed by atoms with Gasteiger partial charge >= 0.3 is 0 Å². The van der Waals surface area contributed by atoms with E-state index >= 15 is 0 Å². The summed E-state index contributed by atoms with van der Waals surface area (Å²) >= 11 is 0. The van der Waals surface area contributed by atoms with Gasteiger partial charge in [0, 0.05) is 28.5 Å². The van der Waals surface area contributed by atoms with Crippen LogP contribution in [0.15, 0.2) is 66.9 Å². The lowest BCUT2D eigenvalue weighted by Crippen LogP contribution is -1.99. The Morgan fingerprint density at radius 1 is 0.828 bits per heavy atom. The van der Waals surface area contributed by atoms with Crippen LogP contribution in [0.4, 0.5) is 11.4 Å². The molecule has 29 heavy (non-hydrogen) atoms. The number of H-pyrrole nitrogens is 1. The molecule has 4 aromatic rings. The fraction of sp³-hybridized carbons (Fsp3) is 0.208. The third-order valence-corrected chi connectivity index (χ3v) is 5.08. The van der Waals surface area contributed by atoms with Crippen molar-refractivity contribution in [2.75, 3.05) is 5.32 Å². The van der Waals surface area contributed by atoms with Crippen LogP contribution in [0, 0.1) is 0 Å². The van der Waals surface area contributed by atoms with E-state index < -0.39 is 0 Å². The summed E-state index contributed by atoms with van der Waals surface area (Å²) in [6.45, 7) is -0.310. The van der Waals surface area contributed by atoms with E-state index in [4.69, 9.17) is 0 Å². The molecule has 2 heterocycles. The smallest absolute Gasteiger partial charge is 0.0853 e. The zero-order chi connectivity index (χ0) is 20.1. The van der Waals surface area contributed by atoms with E-state index in [0.717, 1.165) is 30.6 Å². The number of fused-ring (bicyclic) bond motifs is 1. The molecule has 0 atom stereocenters. The van der Waals surface area contributed by atoms with Crippen molar-refractivity contribution in [1.82, 2.24) is 9.97 Å². The number of rotatable bonds is 8. The van der Waals surface area contributed by atoms with Gasteiger partial charge in [0.25, 0.3) is 0 Å². The second kappa shape index (κ2) is 8.90. The van der Waals surface area contributed by atoms with Gasteiger partial charge in [-0.3, -0.25) is 4.98 Å². The van der Waals surface area contributed by atoms with Crippen molar-refractivity contribution in [2.24, 2.45) is 0 Å². The Labute approximate surface area is 170 Å². The van der Waals surface area contributed by atoms with Gasteiger partial charge in [0.15, 0.2) is 0 Å². The molecule has 4 N–H and O–H groups in total. The molecule has 0 bridgehead atoms. The molecule has 0 aliphatic rings. The van der Waals surface area contributed by atoms with Crippen molar-refractivity contribution in [1.29, 1.82) is 0 Å². The lowest BCUT2D eigenvalue weighted by Gasteiger charge is -2.10.